The fourth-order valence-electron chi connectivity index (χ4n) is 2.08. The van der Waals surface area contributed by atoms with E-state index in [0.717, 1.165) is 31.9 Å². The van der Waals surface area contributed by atoms with E-state index in [1.54, 1.807) is 0 Å². The maximum atomic E-state index is 5.91. The molecule has 0 spiro atoms. The minimum absolute atomic E-state index is 0.190. The highest BCUT2D eigenvalue weighted by atomic mass is 35.5. The Morgan fingerprint density at radius 1 is 1.50 bits per heavy atom. The van der Waals surface area contributed by atoms with E-state index in [-0.39, 0.29) is 5.38 Å². The van der Waals surface area contributed by atoms with Gasteiger partial charge in [-0.15, -0.1) is 11.6 Å². The van der Waals surface area contributed by atoms with Gasteiger partial charge in [-0.25, -0.2) is 0 Å². The summed E-state index contributed by atoms with van der Waals surface area (Å²) in [6.07, 6.45) is 1.08. The second kappa shape index (κ2) is 5.55. The zero-order valence-electron chi connectivity index (χ0n) is 9.58. The topological polar surface area (TPSA) is 21.3 Å². The number of benzene rings is 1. The SMILES string of the molecule is CC(Cl)CNCC1CCOc2ccccc21. The molecule has 0 amide bonds. The van der Waals surface area contributed by atoms with Crippen LogP contribution in [-0.2, 0) is 0 Å². The molecule has 1 aromatic carbocycles. The van der Waals surface area contributed by atoms with Crippen LogP contribution in [0.25, 0.3) is 0 Å². The van der Waals surface area contributed by atoms with Crippen molar-refractivity contribution in [3.8, 4) is 5.75 Å². The molecule has 1 N–H and O–H groups in total. The normalized spacial score (nSPS) is 21.0. The number of ether oxygens (including phenoxy) is 1. The molecule has 0 fully saturated rings. The number of halogens is 1. The predicted molar refractivity (Wildman–Crippen MR) is 67.5 cm³/mol. The number of para-hydroxylation sites is 1. The van der Waals surface area contributed by atoms with Crippen molar-refractivity contribution in [3.05, 3.63) is 29.8 Å². The summed E-state index contributed by atoms with van der Waals surface area (Å²) in [5.74, 6) is 1.60. The van der Waals surface area contributed by atoms with E-state index in [4.69, 9.17) is 16.3 Å². The van der Waals surface area contributed by atoms with Crippen LogP contribution < -0.4 is 10.1 Å². The molecule has 16 heavy (non-hydrogen) atoms. The number of fused-ring (bicyclic) bond motifs is 1. The Morgan fingerprint density at radius 2 is 2.31 bits per heavy atom. The van der Waals surface area contributed by atoms with Crippen LogP contribution >= 0.6 is 11.6 Å². The Balaban J connectivity index is 1.96. The maximum absolute atomic E-state index is 5.91. The second-order valence-corrected chi connectivity index (χ2v) is 5.06. The molecule has 1 aliphatic heterocycles. The van der Waals surface area contributed by atoms with Crippen molar-refractivity contribution in [2.24, 2.45) is 0 Å². The van der Waals surface area contributed by atoms with Crippen molar-refractivity contribution in [3.63, 3.8) is 0 Å². The minimum Gasteiger partial charge on any atom is -0.493 e. The lowest BCUT2D eigenvalue weighted by Gasteiger charge is -2.26. The Morgan fingerprint density at radius 3 is 3.12 bits per heavy atom. The van der Waals surface area contributed by atoms with E-state index in [2.05, 4.69) is 17.4 Å². The molecule has 0 aromatic heterocycles. The predicted octanol–water partition coefficient (Wildman–Crippen LogP) is 2.77. The van der Waals surface area contributed by atoms with Crippen molar-refractivity contribution in [2.75, 3.05) is 19.7 Å². The Kier molecular flexibility index (Phi) is 4.08. The molecular formula is C13H18ClNO. The van der Waals surface area contributed by atoms with E-state index in [1.165, 1.54) is 5.56 Å². The zero-order chi connectivity index (χ0) is 11.4. The molecule has 0 bridgehead atoms. The van der Waals surface area contributed by atoms with Crippen LogP contribution in [0.5, 0.6) is 5.75 Å². The van der Waals surface area contributed by atoms with Crippen LogP contribution in [0.4, 0.5) is 0 Å². The number of alkyl halides is 1. The number of hydrogen-bond donors (Lipinski definition) is 1. The van der Waals surface area contributed by atoms with Gasteiger partial charge in [0, 0.05) is 24.4 Å². The summed E-state index contributed by atoms with van der Waals surface area (Å²) in [6.45, 7) is 4.67. The molecule has 88 valence electrons. The second-order valence-electron chi connectivity index (χ2n) is 4.31. The average Bonchev–Trinajstić information content (AvgIpc) is 2.29. The van der Waals surface area contributed by atoms with Crippen molar-refractivity contribution < 1.29 is 4.74 Å². The van der Waals surface area contributed by atoms with Gasteiger partial charge in [0.15, 0.2) is 0 Å². The van der Waals surface area contributed by atoms with Gasteiger partial charge in [0.05, 0.1) is 6.61 Å². The van der Waals surface area contributed by atoms with Crippen LogP contribution in [0.15, 0.2) is 24.3 Å². The average molecular weight is 240 g/mol. The highest BCUT2D eigenvalue weighted by molar-refractivity contribution is 6.20. The summed E-state index contributed by atoms with van der Waals surface area (Å²) in [5.41, 5.74) is 1.32. The van der Waals surface area contributed by atoms with Gasteiger partial charge in [-0.2, -0.15) is 0 Å². The molecule has 2 rings (SSSR count). The first-order valence-corrected chi connectivity index (χ1v) is 6.27. The molecule has 2 nitrogen and oxygen atoms in total. The van der Waals surface area contributed by atoms with Crippen molar-refractivity contribution in [1.29, 1.82) is 0 Å². The van der Waals surface area contributed by atoms with Gasteiger partial charge < -0.3 is 10.1 Å². The van der Waals surface area contributed by atoms with Crippen LogP contribution in [0.2, 0.25) is 0 Å². The number of nitrogens with one attached hydrogen (secondary N) is 1. The molecule has 2 atom stereocenters. The first-order valence-electron chi connectivity index (χ1n) is 5.84. The molecule has 1 aromatic rings. The van der Waals surface area contributed by atoms with Crippen molar-refractivity contribution in [1.82, 2.24) is 5.32 Å². The van der Waals surface area contributed by atoms with E-state index in [0.29, 0.717) is 5.92 Å². The highest BCUT2D eigenvalue weighted by Gasteiger charge is 2.20. The molecule has 1 aliphatic rings. The first kappa shape index (κ1) is 11.7. The molecule has 0 aliphatic carbocycles. The molecule has 1 heterocycles. The summed E-state index contributed by atoms with van der Waals surface area (Å²) in [7, 11) is 0. The monoisotopic (exact) mass is 239 g/mol. The van der Waals surface area contributed by atoms with E-state index >= 15 is 0 Å². The molecule has 2 unspecified atom stereocenters. The molecule has 0 saturated carbocycles. The third-order valence-corrected chi connectivity index (χ3v) is 3.05. The summed E-state index contributed by atoms with van der Waals surface area (Å²) in [6, 6.07) is 8.30. The standard InChI is InChI=1S/C13H18ClNO/c1-10(14)8-15-9-11-6-7-16-13-5-3-2-4-12(11)13/h2-5,10-11,15H,6-9H2,1H3. The molecule has 3 heteroatoms. The van der Waals surface area contributed by atoms with E-state index < -0.39 is 0 Å². The van der Waals surface area contributed by atoms with E-state index in [9.17, 15) is 0 Å². The largest absolute Gasteiger partial charge is 0.493 e. The van der Waals surface area contributed by atoms with Crippen LogP contribution in [-0.4, -0.2) is 25.1 Å². The zero-order valence-corrected chi connectivity index (χ0v) is 10.3. The fraction of sp³-hybridized carbons (Fsp3) is 0.538. The summed E-state index contributed by atoms with van der Waals surface area (Å²) in [4.78, 5) is 0. The van der Waals surface area contributed by atoms with Crippen molar-refractivity contribution >= 4 is 11.6 Å². The molecule has 0 saturated heterocycles. The third kappa shape index (κ3) is 2.89. The quantitative estimate of drug-likeness (QED) is 0.816. The lowest BCUT2D eigenvalue weighted by atomic mass is 9.93. The lowest BCUT2D eigenvalue weighted by Crippen LogP contribution is -2.29. The van der Waals surface area contributed by atoms with Gasteiger partial charge in [0.25, 0.3) is 0 Å². The highest BCUT2D eigenvalue weighted by Crippen LogP contribution is 2.32. The van der Waals surface area contributed by atoms with Gasteiger partial charge in [-0.05, 0) is 25.0 Å². The lowest BCUT2D eigenvalue weighted by molar-refractivity contribution is 0.265. The molecular weight excluding hydrogens is 222 g/mol. The third-order valence-electron chi connectivity index (χ3n) is 2.90. The van der Waals surface area contributed by atoms with Gasteiger partial charge >= 0.3 is 0 Å². The number of hydrogen-bond acceptors (Lipinski definition) is 2. The van der Waals surface area contributed by atoms with Crippen LogP contribution in [0, 0.1) is 0 Å². The summed E-state index contributed by atoms with van der Waals surface area (Å²) in [5, 5.41) is 3.60. The van der Waals surface area contributed by atoms with Gasteiger partial charge in [-0.3, -0.25) is 0 Å². The van der Waals surface area contributed by atoms with Gasteiger partial charge in [0.1, 0.15) is 5.75 Å². The fourth-order valence-corrected chi connectivity index (χ4v) is 2.19. The summed E-state index contributed by atoms with van der Waals surface area (Å²) < 4.78 is 5.63. The maximum Gasteiger partial charge on any atom is 0.122 e. The van der Waals surface area contributed by atoms with Crippen LogP contribution in [0.3, 0.4) is 0 Å². The Bertz CT molecular complexity index is 340. The van der Waals surface area contributed by atoms with Gasteiger partial charge in [0.2, 0.25) is 0 Å². The minimum atomic E-state index is 0.190. The van der Waals surface area contributed by atoms with E-state index in [1.807, 2.05) is 19.1 Å². The Hall–Kier alpha value is -0.730. The van der Waals surface area contributed by atoms with Gasteiger partial charge in [-0.1, -0.05) is 18.2 Å². The molecule has 0 radical (unpaired) electrons. The summed E-state index contributed by atoms with van der Waals surface area (Å²) >= 11 is 5.91. The van der Waals surface area contributed by atoms with Crippen molar-refractivity contribution in [2.45, 2.75) is 24.6 Å². The smallest absolute Gasteiger partial charge is 0.122 e. The Labute approximate surface area is 102 Å². The first-order chi connectivity index (χ1) is 7.77. The number of rotatable bonds is 4. The van der Waals surface area contributed by atoms with Crippen LogP contribution in [0.1, 0.15) is 24.8 Å².